The van der Waals surface area contributed by atoms with E-state index in [9.17, 15) is 0 Å². The molecule has 0 amide bonds. The number of hydrogen-bond acceptors (Lipinski definition) is 1. The standard InChI is InChI=1S/C16H27N/c1-4-13-17(3)14-9-5-6-11-16-12-8-7-10-15(16)2/h7-8,10,12H,4-6,9,11,13-14H2,1-3H3. The molecule has 17 heavy (non-hydrogen) atoms. The van der Waals surface area contributed by atoms with Gasteiger partial charge in [0, 0.05) is 0 Å². The van der Waals surface area contributed by atoms with Crippen LogP contribution >= 0.6 is 0 Å². The van der Waals surface area contributed by atoms with Gasteiger partial charge in [-0.3, -0.25) is 0 Å². The van der Waals surface area contributed by atoms with Gasteiger partial charge < -0.3 is 4.90 Å². The molecule has 1 aromatic rings. The summed E-state index contributed by atoms with van der Waals surface area (Å²) in [6.07, 6.45) is 6.51. The normalized spacial score (nSPS) is 11.1. The fourth-order valence-corrected chi connectivity index (χ4v) is 2.26. The Balaban J connectivity index is 2.10. The lowest BCUT2D eigenvalue weighted by atomic mass is 10.0. The molecule has 0 saturated carbocycles. The molecule has 0 aliphatic rings. The van der Waals surface area contributed by atoms with E-state index < -0.39 is 0 Å². The Bertz CT molecular complexity index is 306. The summed E-state index contributed by atoms with van der Waals surface area (Å²) in [5.41, 5.74) is 2.96. The summed E-state index contributed by atoms with van der Waals surface area (Å²) in [5, 5.41) is 0. The van der Waals surface area contributed by atoms with Crippen LogP contribution in [0.5, 0.6) is 0 Å². The molecule has 0 unspecified atom stereocenters. The first-order valence-electron chi connectivity index (χ1n) is 6.97. The zero-order chi connectivity index (χ0) is 12.5. The molecule has 1 heteroatoms. The molecule has 0 heterocycles. The molecule has 96 valence electrons. The monoisotopic (exact) mass is 233 g/mol. The van der Waals surface area contributed by atoms with Crippen molar-refractivity contribution < 1.29 is 0 Å². The third-order valence-corrected chi connectivity index (χ3v) is 3.35. The minimum absolute atomic E-state index is 1.23. The highest BCUT2D eigenvalue weighted by Crippen LogP contribution is 2.11. The Kier molecular flexibility index (Phi) is 6.95. The maximum absolute atomic E-state index is 2.44. The van der Waals surface area contributed by atoms with Crippen LogP contribution < -0.4 is 0 Å². The lowest BCUT2D eigenvalue weighted by molar-refractivity contribution is 0.325. The van der Waals surface area contributed by atoms with Crippen molar-refractivity contribution >= 4 is 0 Å². The van der Waals surface area contributed by atoms with E-state index in [0.29, 0.717) is 0 Å². The van der Waals surface area contributed by atoms with Crippen molar-refractivity contribution in [2.24, 2.45) is 0 Å². The highest BCUT2D eigenvalue weighted by atomic mass is 15.1. The molecule has 0 aromatic heterocycles. The average molecular weight is 233 g/mol. The maximum Gasteiger partial charge on any atom is -0.00218 e. The molecule has 0 bridgehead atoms. The van der Waals surface area contributed by atoms with Gasteiger partial charge in [0.2, 0.25) is 0 Å². The number of hydrogen-bond donors (Lipinski definition) is 0. The van der Waals surface area contributed by atoms with E-state index >= 15 is 0 Å². The SMILES string of the molecule is CCCN(C)CCCCCc1ccccc1C. The van der Waals surface area contributed by atoms with Crippen molar-refractivity contribution in [3.63, 3.8) is 0 Å². The molecule has 0 fully saturated rings. The molecule has 0 atom stereocenters. The third-order valence-electron chi connectivity index (χ3n) is 3.35. The van der Waals surface area contributed by atoms with Gasteiger partial charge in [-0.05, 0) is 63.9 Å². The van der Waals surface area contributed by atoms with Crippen LogP contribution in [0, 0.1) is 6.92 Å². The van der Waals surface area contributed by atoms with E-state index in [4.69, 9.17) is 0 Å². The first-order valence-corrected chi connectivity index (χ1v) is 6.97. The summed E-state index contributed by atoms with van der Waals surface area (Å²) in [5.74, 6) is 0. The average Bonchev–Trinajstić information content (AvgIpc) is 2.31. The molecule has 0 aliphatic heterocycles. The number of unbranched alkanes of at least 4 members (excludes halogenated alkanes) is 2. The zero-order valence-electron chi connectivity index (χ0n) is 11.7. The summed E-state index contributed by atoms with van der Waals surface area (Å²) < 4.78 is 0. The van der Waals surface area contributed by atoms with Crippen LogP contribution in [0.15, 0.2) is 24.3 Å². The topological polar surface area (TPSA) is 3.24 Å². The second-order valence-corrected chi connectivity index (χ2v) is 5.04. The summed E-state index contributed by atoms with van der Waals surface area (Å²) in [6, 6.07) is 8.75. The van der Waals surface area contributed by atoms with E-state index in [1.807, 2.05) is 0 Å². The fourth-order valence-electron chi connectivity index (χ4n) is 2.26. The molecule has 1 nitrogen and oxygen atoms in total. The molecule has 0 radical (unpaired) electrons. The van der Waals surface area contributed by atoms with E-state index in [2.05, 4.69) is 50.1 Å². The van der Waals surface area contributed by atoms with Gasteiger partial charge in [0.1, 0.15) is 0 Å². The Morgan fingerprint density at radius 2 is 1.76 bits per heavy atom. The number of benzene rings is 1. The molecular weight excluding hydrogens is 206 g/mol. The molecule has 1 aromatic carbocycles. The van der Waals surface area contributed by atoms with Crippen molar-refractivity contribution in [2.75, 3.05) is 20.1 Å². The Hall–Kier alpha value is -0.820. The summed E-state index contributed by atoms with van der Waals surface area (Å²) in [6.45, 7) is 6.94. The van der Waals surface area contributed by atoms with Gasteiger partial charge in [0.15, 0.2) is 0 Å². The number of nitrogens with zero attached hydrogens (tertiary/aromatic N) is 1. The molecule has 1 rings (SSSR count). The highest BCUT2D eigenvalue weighted by Gasteiger charge is 1.98. The third kappa shape index (κ3) is 5.88. The van der Waals surface area contributed by atoms with Gasteiger partial charge in [-0.15, -0.1) is 0 Å². The first-order chi connectivity index (χ1) is 8.24. The minimum Gasteiger partial charge on any atom is -0.306 e. The molecule has 0 spiro atoms. The van der Waals surface area contributed by atoms with E-state index in [-0.39, 0.29) is 0 Å². The fraction of sp³-hybridized carbons (Fsp3) is 0.625. The van der Waals surface area contributed by atoms with Crippen molar-refractivity contribution in [2.45, 2.75) is 46.0 Å². The predicted molar refractivity (Wildman–Crippen MR) is 76.5 cm³/mol. The Labute approximate surface area is 107 Å². The first kappa shape index (κ1) is 14.2. The quantitative estimate of drug-likeness (QED) is 0.612. The van der Waals surface area contributed by atoms with Crippen LogP contribution in [0.3, 0.4) is 0 Å². The van der Waals surface area contributed by atoms with Gasteiger partial charge in [0.05, 0.1) is 0 Å². The van der Waals surface area contributed by atoms with Crippen molar-refractivity contribution in [3.05, 3.63) is 35.4 Å². The van der Waals surface area contributed by atoms with E-state index in [0.717, 1.165) is 0 Å². The van der Waals surface area contributed by atoms with Crippen LogP contribution in [0.1, 0.15) is 43.7 Å². The zero-order valence-corrected chi connectivity index (χ0v) is 11.7. The van der Waals surface area contributed by atoms with Crippen LogP contribution in [0.25, 0.3) is 0 Å². The van der Waals surface area contributed by atoms with Crippen LogP contribution in [0.4, 0.5) is 0 Å². The lowest BCUT2D eigenvalue weighted by Crippen LogP contribution is -2.20. The van der Waals surface area contributed by atoms with Crippen LogP contribution in [-0.2, 0) is 6.42 Å². The van der Waals surface area contributed by atoms with Gasteiger partial charge in [-0.2, -0.15) is 0 Å². The van der Waals surface area contributed by atoms with Gasteiger partial charge in [0.25, 0.3) is 0 Å². The van der Waals surface area contributed by atoms with Crippen LogP contribution in [-0.4, -0.2) is 25.0 Å². The molecule has 0 N–H and O–H groups in total. The maximum atomic E-state index is 2.44. The van der Waals surface area contributed by atoms with Crippen molar-refractivity contribution in [1.82, 2.24) is 4.90 Å². The predicted octanol–water partition coefficient (Wildman–Crippen LogP) is 4.05. The minimum atomic E-state index is 1.23. The summed E-state index contributed by atoms with van der Waals surface area (Å²) in [7, 11) is 2.23. The van der Waals surface area contributed by atoms with E-state index in [1.54, 1.807) is 0 Å². The lowest BCUT2D eigenvalue weighted by Gasteiger charge is -2.14. The van der Waals surface area contributed by atoms with Gasteiger partial charge in [-0.25, -0.2) is 0 Å². The van der Waals surface area contributed by atoms with Crippen molar-refractivity contribution in [3.8, 4) is 0 Å². The molecule has 0 saturated heterocycles. The molecular formula is C16H27N. The smallest absolute Gasteiger partial charge is 0.00218 e. The second kappa shape index (κ2) is 8.30. The Morgan fingerprint density at radius 3 is 2.47 bits per heavy atom. The number of rotatable bonds is 8. The van der Waals surface area contributed by atoms with E-state index in [1.165, 1.54) is 56.3 Å². The van der Waals surface area contributed by atoms with Crippen LogP contribution in [0.2, 0.25) is 0 Å². The van der Waals surface area contributed by atoms with Crippen molar-refractivity contribution in [1.29, 1.82) is 0 Å². The van der Waals surface area contributed by atoms with Gasteiger partial charge >= 0.3 is 0 Å². The Morgan fingerprint density at radius 1 is 1.00 bits per heavy atom. The molecule has 0 aliphatic carbocycles. The van der Waals surface area contributed by atoms with Gasteiger partial charge in [-0.1, -0.05) is 37.6 Å². The summed E-state index contributed by atoms with van der Waals surface area (Å²) in [4.78, 5) is 2.44. The highest BCUT2D eigenvalue weighted by molar-refractivity contribution is 5.25. The second-order valence-electron chi connectivity index (χ2n) is 5.04. The number of aryl methyl sites for hydroxylation is 2. The summed E-state index contributed by atoms with van der Waals surface area (Å²) >= 11 is 0. The largest absolute Gasteiger partial charge is 0.306 e.